The van der Waals surface area contributed by atoms with Gasteiger partial charge in [0.25, 0.3) is 0 Å². The quantitative estimate of drug-likeness (QED) is 0.784. The molecule has 0 spiro atoms. The van der Waals surface area contributed by atoms with Gasteiger partial charge in [0.2, 0.25) is 0 Å². The predicted octanol–water partition coefficient (Wildman–Crippen LogP) is 3.41. The first-order chi connectivity index (χ1) is 9.25. The van der Waals surface area contributed by atoms with E-state index in [1.54, 1.807) is 4.57 Å². The monoisotopic (exact) mass is 276 g/mol. The van der Waals surface area contributed by atoms with Crippen molar-refractivity contribution in [2.45, 2.75) is 38.6 Å². The third-order valence-corrected chi connectivity index (χ3v) is 3.98. The lowest BCUT2D eigenvalue weighted by molar-refractivity contribution is 0.512. The van der Waals surface area contributed by atoms with Gasteiger partial charge in [0.15, 0.2) is 0 Å². The fraction of sp³-hybridized carbons (Fsp3) is 0.400. The first-order valence-corrected chi connectivity index (χ1v) is 7.20. The second-order valence-corrected chi connectivity index (χ2v) is 5.50. The molecule has 0 bridgehead atoms. The molecule has 2 aromatic rings. The zero-order valence-electron chi connectivity index (χ0n) is 10.8. The third-order valence-electron chi connectivity index (χ3n) is 3.73. The van der Waals surface area contributed by atoms with Gasteiger partial charge < -0.3 is 0 Å². The molecular formula is C15H17ClN2O. The van der Waals surface area contributed by atoms with Crippen molar-refractivity contribution in [2.75, 3.05) is 0 Å². The van der Waals surface area contributed by atoms with Crippen molar-refractivity contribution in [2.24, 2.45) is 0 Å². The Labute approximate surface area is 117 Å². The van der Waals surface area contributed by atoms with E-state index in [1.165, 1.54) is 19.3 Å². The fourth-order valence-corrected chi connectivity index (χ4v) is 2.81. The Morgan fingerprint density at radius 1 is 1.00 bits per heavy atom. The normalized spacial score (nSPS) is 15.6. The van der Waals surface area contributed by atoms with Crippen molar-refractivity contribution >= 4 is 11.6 Å². The molecule has 0 amide bonds. The number of halogens is 1. The van der Waals surface area contributed by atoms with E-state index in [0.29, 0.717) is 5.02 Å². The molecule has 1 aromatic heterocycles. The maximum atomic E-state index is 12.5. The number of rotatable bonds is 1. The van der Waals surface area contributed by atoms with Gasteiger partial charge in [-0.2, -0.15) is 0 Å². The molecule has 0 N–H and O–H groups in total. The highest BCUT2D eigenvalue weighted by atomic mass is 35.5. The summed E-state index contributed by atoms with van der Waals surface area (Å²) < 4.78 is 3.66. The van der Waals surface area contributed by atoms with Gasteiger partial charge in [-0.1, -0.05) is 24.4 Å². The van der Waals surface area contributed by atoms with Crippen LogP contribution in [0.25, 0.3) is 5.69 Å². The van der Waals surface area contributed by atoms with Crippen molar-refractivity contribution in [3.05, 3.63) is 51.7 Å². The number of fused-ring (bicyclic) bond motifs is 1. The molecule has 3 nitrogen and oxygen atoms in total. The molecule has 0 saturated heterocycles. The average molecular weight is 277 g/mol. The number of hydrogen-bond donors (Lipinski definition) is 0. The summed E-state index contributed by atoms with van der Waals surface area (Å²) in [4.78, 5) is 12.5. The van der Waals surface area contributed by atoms with Crippen molar-refractivity contribution in [1.82, 2.24) is 9.13 Å². The molecule has 1 aliphatic rings. The van der Waals surface area contributed by atoms with Gasteiger partial charge >= 0.3 is 5.69 Å². The molecule has 0 unspecified atom stereocenters. The summed E-state index contributed by atoms with van der Waals surface area (Å²) in [5, 5.41) is 0.689. The first kappa shape index (κ1) is 12.5. The van der Waals surface area contributed by atoms with Gasteiger partial charge in [0.1, 0.15) is 0 Å². The molecule has 4 heteroatoms. The van der Waals surface area contributed by atoms with Crippen LogP contribution in [0.3, 0.4) is 0 Å². The Hall–Kier alpha value is -1.48. The maximum Gasteiger partial charge on any atom is 0.332 e. The van der Waals surface area contributed by atoms with E-state index in [2.05, 4.69) is 0 Å². The minimum atomic E-state index is 0.0687. The molecule has 1 aromatic carbocycles. The second-order valence-electron chi connectivity index (χ2n) is 5.07. The number of benzene rings is 1. The summed E-state index contributed by atoms with van der Waals surface area (Å²) in [6.45, 7) is 0.842. The van der Waals surface area contributed by atoms with Crippen molar-refractivity contribution in [3.8, 4) is 5.69 Å². The summed E-state index contributed by atoms with van der Waals surface area (Å²) in [6, 6.07) is 7.41. The van der Waals surface area contributed by atoms with E-state index < -0.39 is 0 Å². The maximum absolute atomic E-state index is 12.5. The number of aryl methyl sites for hydroxylation is 1. The largest absolute Gasteiger partial charge is 0.332 e. The summed E-state index contributed by atoms with van der Waals surface area (Å²) in [5.74, 6) is 0. The van der Waals surface area contributed by atoms with Gasteiger partial charge in [0, 0.05) is 23.5 Å². The van der Waals surface area contributed by atoms with E-state index in [9.17, 15) is 4.79 Å². The highest BCUT2D eigenvalue weighted by Crippen LogP contribution is 2.16. The van der Waals surface area contributed by atoms with Crippen LogP contribution in [-0.4, -0.2) is 9.13 Å². The third kappa shape index (κ3) is 2.47. The van der Waals surface area contributed by atoms with Crippen molar-refractivity contribution < 1.29 is 0 Å². The molecule has 3 rings (SSSR count). The summed E-state index contributed by atoms with van der Waals surface area (Å²) in [6.07, 6.45) is 7.73. The van der Waals surface area contributed by atoms with Crippen LogP contribution in [-0.2, 0) is 13.0 Å². The SMILES string of the molecule is O=c1n(-c2ccc(Cl)cc2)cc2n1CCCCCC2. The van der Waals surface area contributed by atoms with Gasteiger partial charge in [-0.15, -0.1) is 0 Å². The zero-order valence-corrected chi connectivity index (χ0v) is 11.6. The van der Waals surface area contributed by atoms with Crippen LogP contribution in [0.15, 0.2) is 35.3 Å². The average Bonchev–Trinajstić information content (AvgIpc) is 2.67. The summed E-state index contributed by atoms with van der Waals surface area (Å²) >= 11 is 5.89. The Kier molecular flexibility index (Phi) is 3.47. The molecule has 0 saturated carbocycles. The standard InChI is InChI=1S/C15H17ClN2O/c16-12-6-8-13(9-7-12)18-11-14-5-3-1-2-4-10-17(14)15(18)19/h6-9,11H,1-5,10H2. The lowest BCUT2D eigenvalue weighted by atomic mass is 10.1. The highest BCUT2D eigenvalue weighted by molar-refractivity contribution is 6.30. The summed E-state index contributed by atoms with van der Waals surface area (Å²) in [5.41, 5.74) is 2.10. The van der Waals surface area contributed by atoms with Gasteiger partial charge in [-0.05, 0) is 43.5 Å². The van der Waals surface area contributed by atoms with E-state index in [-0.39, 0.29) is 5.69 Å². The van der Waals surface area contributed by atoms with Gasteiger partial charge in [-0.25, -0.2) is 4.79 Å². The van der Waals surface area contributed by atoms with E-state index in [4.69, 9.17) is 11.6 Å². The number of hydrogen-bond acceptors (Lipinski definition) is 1. The van der Waals surface area contributed by atoms with Crippen LogP contribution in [0.2, 0.25) is 5.02 Å². The topological polar surface area (TPSA) is 26.9 Å². The van der Waals surface area contributed by atoms with E-state index in [1.807, 2.05) is 35.0 Å². The molecule has 19 heavy (non-hydrogen) atoms. The van der Waals surface area contributed by atoms with Crippen LogP contribution < -0.4 is 5.69 Å². The van der Waals surface area contributed by atoms with Crippen LogP contribution >= 0.6 is 11.6 Å². The molecule has 0 fully saturated rings. The predicted molar refractivity (Wildman–Crippen MR) is 77.2 cm³/mol. The molecule has 2 heterocycles. The Morgan fingerprint density at radius 2 is 1.74 bits per heavy atom. The smallest absolute Gasteiger partial charge is 0.296 e. The minimum Gasteiger partial charge on any atom is -0.296 e. The molecule has 0 aliphatic carbocycles. The Bertz CT molecular complexity index is 625. The number of aromatic nitrogens is 2. The minimum absolute atomic E-state index is 0.0687. The Morgan fingerprint density at radius 3 is 2.53 bits per heavy atom. The van der Waals surface area contributed by atoms with E-state index >= 15 is 0 Å². The molecule has 0 atom stereocenters. The number of nitrogens with zero attached hydrogens (tertiary/aromatic N) is 2. The first-order valence-electron chi connectivity index (χ1n) is 6.83. The highest BCUT2D eigenvalue weighted by Gasteiger charge is 2.13. The van der Waals surface area contributed by atoms with Gasteiger partial charge in [0.05, 0.1) is 5.69 Å². The molecule has 1 aliphatic heterocycles. The molecule has 0 radical (unpaired) electrons. The van der Waals surface area contributed by atoms with E-state index in [0.717, 1.165) is 30.8 Å². The van der Waals surface area contributed by atoms with Crippen LogP contribution in [0.5, 0.6) is 0 Å². The summed E-state index contributed by atoms with van der Waals surface area (Å²) in [7, 11) is 0. The fourth-order valence-electron chi connectivity index (χ4n) is 2.68. The van der Waals surface area contributed by atoms with Crippen molar-refractivity contribution in [3.63, 3.8) is 0 Å². The van der Waals surface area contributed by atoms with Gasteiger partial charge in [-0.3, -0.25) is 9.13 Å². The van der Waals surface area contributed by atoms with Crippen LogP contribution in [0, 0.1) is 0 Å². The lowest BCUT2D eigenvalue weighted by Gasteiger charge is -2.10. The second kappa shape index (κ2) is 5.25. The zero-order chi connectivity index (χ0) is 13.2. The lowest BCUT2D eigenvalue weighted by Crippen LogP contribution is -2.24. The number of imidazole rings is 1. The molecular weight excluding hydrogens is 260 g/mol. The molecule has 100 valence electrons. The van der Waals surface area contributed by atoms with Crippen LogP contribution in [0.4, 0.5) is 0 Å². The van der Waals surface area contributed by atoms with Crippen molar-refractivity contribution in [1.29, 1.82) is 0 Å². The van der Waals surface area contributed by atoms with Crippen LogP contribution in [0.1, 0.15) is 31.4 Å². The Balaban J connectivity index is 2.05.